The molecule has 0 saturated heterocycles. The van der Waals surface area contributed by atoms with E-state index in [4.69, 9.17) is 0 Å². The molecule has 23 heavy (non-hydrogen) atoms. The number of hydrogen-bond acceptors (Lipinski definition) is 2. The van der Waals surface area contributed by atoms with Gasteiger partial charge in [-0.15, -0.1) is 0 Å². The molecule has 0 amide bonds. The molecule has 0 aliphatic carbocycles. The van der Waals surface area contributed by atoms with Gasteiger partial charge in [-0.25, -0.2) is 0 Å². The maximum absolute atomic E-state index is 2.65. The zero-order valence-electron chi connectivity index (χ0n) is 17.7. The van der Waals surface area contributed by atoms with E-state index in [1.54, 1.807) is 21.2 Å². The lowest BCUT2D eigenvalue weighted by Gasteiger charge is -2.44. The molecule has 0 fully saturated rings. The van der Waals surface area contributed by atoms with Gasteiger partial charge in [-0.05, 0) is 37.5 Å². The lowest BCUT2D eigenvalue weighted by molar-refractivity contribution is 0.284. The number of hydrogen-bond donors (Lipinski definition) is 0. The first kappa shape index (κ1) is 22.6. The molecular weight excluding hydrogens is 298 g/mol. The van der Waals surface area contributed by atoms with Gasteiger partial charge < -0.3 is 4.90 Å². The zero-order valence-corrected chi connectivity index (χ0v) is 18.6. The molecule has 0 unspecified atom stereocenters. The predicted octanol–water partition coefficient (Wildman–Crippen LogP) is 7.52. The molecule has 0 aromatic heterocycles. The molecule has 1 aliphatic heterocycles. The first-order valence-corrected chi connectivity index (χ1v) is 10.4. The minimum absolute atomic E-state index is 0.517. The third-order valence-electron chi connectivity index (χ3n) is 3.90. The highest BCUT2D eigenvalue weighted by Crippen LogP contribution is 2.49. The van der Waals surface area contributed by atoms with E-state index < -0.39 is 0 Å². The van der Waals surface area contributed by atoms with Crippen molar-refractivity contribution in [3.63, 3.8) is 0 Å². The van der Waals surface area contributed by atoms with Gasteiger partial charge in [0.25, 0.3) is 0 Å². The first-order chi connectivity index (χ1) is 10.6. The van der Waals surface area contributed by atoms with Gasteiger partial charge in [0.2, 0.25) is 0 Å². The van der Waals surface area contributed by atoms with Gasteiger partial charge in [-0.3, -0.25) is 0 Å². The average molecular weight is 340 g/mol. The third-order valence-corrected chi connectivity index (χ3v) is 5.70. The second kappa shape index (κ2) is 9.81. The molecule has 0 N–H and O–H groups in total. The number of thioether (sulfide) groups is 1. The largest absolute Gasteiger partial charge is 0.344 e. The van der Waals surface area contributed by atoms with Crippen molar-refractivity contribution in [2.45, 2.75) is 89.1 Å². The van der Waals surface area contributed by atoms with Crippen molar-refractivity contribution in [3.05, 3.63) is 21.2 Å². The van der Waals surface area contributed by atoms with Crippen LogP contribution in [0.3, 0.4) is 0 Å². The maximum atomic E-state index is 2.65. The minimum atomic E-state index is 0.517. The Balaban J connectivity index is 0.00000232. The highest BCUT2D eigenvalue weighted by molar-refractivity contribution is 8.06. The van der Waals surface area contributed by atoms with Crippen LogP contribution in [0.4, 0.5) is 0 Å². The molecule has 136 valence electrons. The fourth-order valence-electron chi connectivity index (χ4n) is 3.10. The van der Waals surface area contributed by atoms with Crippen LogP contribution in [0.15, 0.2) is 21.2 Å². The van der Waals surface area contributed by atoms with Gasteiger partial charge in [-0.1, -0.05) is 81.0 Å². The summed E-state index contributed by atoms with van der Waals surface area (Å²) in [5.74, 6) is 2.33. The molecule has 0 aromatic carbocycles. The maximum Gasteiger partial charge on any atom is 0.0307 e. The monoisotopic (exact) mass is 339 g/mol. The summed E-state index contributed by atoms with van der Waals surface area (Å²) in [6, 6.07) is 0.517. The van der Waals surface area contributed by atoms with Crippen LogP contribution in [-0.2, 0) is 0 Å². The molecule has 0 saturated carbocycles. The standard InChI is InChI=1S/C19H35NS.C2H6/c1-11(2)16-18(13(5)6)21-19(14(7)8)17(12(3)4)20(16)15(9)10;1-2/h11-15H,1-10H3;1-2H3. The van der Waals surface area contributed by atoms with Crippen LogP contribution in [0.2, 0.25) is 0 Å². The van der Waals surface area contributed by atoms with Crippen LogP contribution in [0, 0.1) is 23.7 Å². The highest BCUT2D eigenvalue weighted by Gasteiger charge is 2.34. The van der Waals surface area contributed by atoms with Crippen LogP contribution >= 0.6 is 11.8 Å². The summed E-state index contributed by atoms with van der Waals surface area (Å²) in [6.07, 6.45) is 0. The molecule has 1 aliphatic rings. The van der Waals surface area contributed by atoms with Gasteiger partial charge in [0.05, 0.1) is 0 Å². The van der Waals surface area contributed by atoms with Crippen molar-refractivity contribution in [2.75, 3.05) is 0 Å². The Morgan fingerprint density at radius 1 is 0.565 bits per heavy atom. The van der Waals surface area contributed by atoms with Gasteiger partial charge >= 0.3 is 0 Å². The number of allylic oxidation sites excluding steroid dienone is 4. The fraction of sp³-hybridized carbons (Fsp3) is 0.810. The van der Waals surface area contributed by atoms with Gasteiger partial charge in [-0.2, -0.15) is 0 Å². The van der Waals surface area contributed by atoms with Gasteiger partial charge in [0, 0.05) is 27.2 Å². The van der Waals surface area contributed by atoms with Crippen molar-refractivity contribution < 1.29 is 0 Å². The SMILES string of the molecule is CC.CC(C)C1=C(C(C)C)N(C(C)C)C(C(C)C)=C(C(C)C)S1. The first-order valence-electron chi connectivity index (χ1n) is 9.54. The smallest absolute Gasteiger partial charge is 0.0307 e. The minimum Gasteiger partial charge on any atom is -0.344 e. The second-order valence-corrected chi connectivity index (χ2v) is 8.77. The van der Waals surface area contributed by atoms with Crippen LogP contribution in [0.25, 0.3) is 0 Å². The van der Waals surface area contributed by atoms with Crippen molar-refractivity contribution in [3.8, 4) is 0 Å². The highest BCUT2D eigenvalue weighted by atomic mass is 32.2. The lowest BCUT2D eigenvalue weighted by atomic mass is 9.96. The molecule has 0 spiro atoms. The Hall–Kier alpha value is -0.370. The molecular formula is C21H41NS. The molecule has 0 atom stereocenters. The zero-order chi connectivity index (χ0) is 18.5. The van der Waals surface area contributed by atoms with Crippen LogP contribution in [0.1, 0.15) is 83.1 Å². The van der Waals surface area contributed by atoms with Crippen LogP contribution < -0.4 is 0 Å². The average Bonchev–Trinajstić information content (AvgIpc) is 2.46. The van der Waals surface area contributed by atoms with E-state index in [9.17, 15) is 0 Å². The fourth-order valence-corrected chi connectivity index (χ4v) is 4.68. The summed E-state index contributed by atoms with van der Waals surface area (Å²) in [5, 5.41) is 0. The Labute approximate surface area is 151 Å². The van der Waals surface area contributed by atoms with E-state index in [0.717, 1.165) is 0 Å². The van der Waals surface area contributed by atoms with E-state index >= 15 is 0 Å². The van der Waals surface area contributed by atoms with E-state index in [-0.39, 0.29) is 0 Å². The number of rotatable bonds is 5. The van der Waals surface area contributed by atoms with E-state index in [1.165, 1.54) is 0 Å². The van der Waals surface area contributed by atoms with Crippen LogP contribution in [-0.4, -0.2) is 10.9 Å². The Bertz CT molecular complexity index is 389. The second-order valence-electron chi connectivity index (χ2n) is 7.68. The Morgan fingerprint density at radius 3 is 1.04 bits per heavy atom. The van der Waals surface area contributed by atoms with Gasteiger partial charge in [0.1, 0.15) is 0 Å². The van der Waals surface area contributed by atoms with E-state index in [0.29, 0.717) is 29.7 Å². The van der Waals surface area contributed by atoms with Gasteiger partial charge in [0.15, 0.2) is 0 Å². The third kappa shape index (κ3) is 5.31. The quantitative estimate of drug-likeness (QED) is 0.509. The predicted molar refractivity (Wildman–Crippen MR) is 109 cm³/mol. The Kier molecular flexibility index (Phi) is 9.65. The van der Waals surface area contributed by atoms with Crippen molar-refractivity contribution in [1.82, 2.24) is 4.90 Å². The molecule has 0 aromatic rings. The van der Waals surface area contributed by atoms with Crippen molar-refractivity contribution in [2.24, 2.45) is 23.7 Å². The van der Waals surface area contributed by atoms with E-state index in [1.807, 2.05) is 13.8 Å². The summed E-state index contributed by atoms with van der Waals surface area (Å²) in [7, 11) is 0. The summed E-state index contributed by atoms with van der Waals surface area (Å²) < 4.78 is 0. The summed E-state index contributed by atoms with van der Waals surface area (Å²) >= 11 is 2.06. The molecule has 2 heteroatoms. The molecule has 1 heterocycles. The lowest BCUT2D eigenvalue weighted by Crippen LogP contribution is -2.38. The van der Waals surface area contributed by atoms with Crippen LogP contribution in [0.5, 0.6) is 0 Å². The molecule has 0 radical (unpaired) electrons. The normalized spacial score (nSPS) is 16.3. The molecule has 0 bridgehead atoms. The summed E-state index contributed by atoms with van der Waals surface area (Å²) in [6.45, 7) is 27.4. The topological polar surface area (TPSA) is 3.24 Å². The number of nitrogens with zero attached hydrogens (tertiary/aromatic N) is 1. The van der Waals surface area contributed by atoms with Crippen molar-refractivity contribution >= 4 is 11.8 Å². The Morgan fingerprint density at radius 2 is 0.870 bits per heavy atom. The van der Waals surface area contributed by atoms with E-state index in [2.05, 4.69) is 85.9 Å². The summed E-state index contributed by atoms with van der Waals surface area (Å²) in [5.41, 5.74) is 3.11. The molecule has 1 nitrogen and oxygen atoms in total. The summed E-state index contributed by atoms with van der Waals surface area (Å²) in [4.78, 5) is 5.80. The van der Waals surface area contributed by atoms with Crippen molar-refractivity contribution in [1.29, 1.82) is 0 Å². The molecule has 1 rings (SSSR count).